The smallest absolute Gasteiger partial charge is 0.334 e. The molecule has 0 fully saturated rings. The number of carbonyl (C=O) groups is 2. The minimum absolute atomic E-state index is 0.155. The van der Waals surface area contributed by atoms with Crippen molar-refractivity contribution < 1.29 is 23.8 Å². The summed E-state index contributed by atoms with van der Waals surface area (Å²) in [6, 6.07) is 17.6. The Morgan fingerprint density at radius 3 is 2.53 bits per heavy atom. The van der Waals surface area contributed by atoms with Gasteiger partial charge in [-0.25, -0.2) is 4.79 Å². The van der Waals surface area contributed by atoms with Crippen LogP contribution in [-0.2, 0) is 4.79 Å². The van der Waals surface area contributed by atoms with Crippen molar-refractivity contribution >= 4 is 45.4 Å². The first-order valence-electron chi connectivity index (χ1n) is 9.71. The summed E-state index contributed by atoms with van der Waals surface area (Å²) in [5.74, 6) is 0.522. The zero-order valence-corrected chi connectivity index (χ0v) is 19.6. The molecule has 1 unspecified atom stereocenters. The van der Waals surface area contributed by atoms with E-state index in [9.17, 15) is 9.59 Å². The molecule has 0 radical (unpaired) electrons. The maximum atomic E-state index is 12.9. The summed E-state index contributed by atoms with van der Waals surface area (Å²) in [6.07, 6.45) is 1.63. The van der Waals surface area contributed by atoms with E-state index in [1.807, 2.05) is 18.2 Å². The molecule has 0 aromatic heterocycles. The summed E-state index contributed by atoms with van der Waals surface area (Å²) in [6.45, 7) is 1.73. The third kappa shape index (κ3) is 4.29. The summed E-state index contributed by atoms with van der Waals surface area (Å²) in [5, 5.41) is -0.953. The fourth-order valence-electron chi connectivity index (χ4n) is 3.36. The van der Waals surface area contributed by atoms with Gasteiger partial charge in [-0.1, -0.05) is 46.3 Å². The van der Waals surface area contributed by atoms with Gasteiger partial charge in [-0.15, -0.1) is 11.6 Å². The van der Waals surface area contributed by atoms with Crippen LogP contribution in [0.3, 0.4) is 0 Å². The SMILES string of the molecule is COc1ccc(Br)cc1/C=C1\Oc2c(ccc(OC(=O)C(Cl)c3ccccc3)c2C)C1=O. The maximum Gasteiger partial charge on any atom is 0.334 e. The molecule has 1 atom stereocenters. The van der Waals surface area contributed by atoms with Gasteiger partial charge in [0.05, 0.1) is 12.7 Å². The minimum Gasteiger partial charge on any atom is -0.496 e. The Bertz CT molecular complexity index is 1240. The van der Waals surface area contributed by atoms with Gasteiger partial charge in [-0.2, -0.15) is 0 Å². The molecule has 0 aliphatic carbocycles. The molecule has 0 saturated heterocycles. The maximum absolute atomic E-state index is 12.9. The van der Waals surface area contributed by atoms with Crippen molar-refractivity contribution in [1.82, 2.24) is 0 Å². The number of hydrogen-bond donors (Lipinski definition) is 0. The lowest BCUT2D eigenvalue weighted by atomic mass is 10.1. The van der Waals surface area contributed by atoms with E-state index in [1.165, 1.54) is 0 Å². The molecule has 1 heterocycles. The number of ether oxygens (including phenoxy) is 3. The van der Waals surface area contributed by atoms with E-state index >= 15 is 0 Å². The predicted molar refractivity (Wildman–Crippen MR) is 125 cm³/mol. The standard InChI is InChI=1S/C25H18BrClO5/c1-14-19(32-25(29)22(27)15-6-4-3-5-7-15)11-9-18-23(28)21(31-24(14)18)13-16-12-17(26)8-10-20(16)30-2/h3-13,22H,1-2H3/b21-13-. The van der Waals surface area contributed by atoms with Gasteiger partial charge in [0.15, 0.2) is 11.1 Å². The highest BCUT2D eigenvalue weighted by Gasteiger charge is 2.31. The van der Waals surface area contributed by atoms with E-state index in [0.29, 0.717) is 33.8 Å². The summed E-state index contributed by atoms with van der Waals surface area (Å²) < 4.78 is 17.6. The van der Waals surface area contributed by atoms with Gasteiger partial charge in [0.2, 0.25) is 5.78 Å². The van der Waals surface area contributed by atoms with Crippen LogP contribution in [-0.4, -0.2) is 18.9 Å². The van der Waals surface area contributed by atoms with Crippen molar-refractivity contribution in [1.29, 1.82) is 0 Å². The monoisotopic (exact) mass is 512 g/mol. The number of benzene rings is 3. The van der Waals surface area contributed by atoms with Crippen molar-refractivity contribution in [2.24, 2.45) is 0 Å². The number of methoxy groups -OCH3 is 1. The fourth-order valence-corrected chi connectivity index (χ4v) is 3.92. The molecule has 5 nitrogen and oxygen atoms in total. The van der Waals surface area contributed by atoms with Gasteiger partial charge in [0, 0.05) is 15.6 Å². The summed E-state index contributed by atoms with van der Waals surface area (Å²) >= 11 is 9.69. The van der Waals surface area contributed by atoms with E-state index in [2.05, 4.69) is 15.9 Å². The lowest BCUT2D eigenvalue weighted by molar-refractivity contribution is -0.134. The van der Waals surface area contributed by atoms with Gasteiger partial charge >= 0.3 is 5.97 Å². The Hall–Kier alpha value is -3.09. The second kappa shape index (κ2) is 9.18. The molecule has 162 valence electrons. The average molecular weight is 514 g/mol. The van der Waals surface area contributed by atoms with Crippen molar-refractivity contribution in [3.8, 4) is 17.2 Å². The first kappa shape index (κ1) is 22.1. The quantitative estimate of drug-likeness (QED) is 0.174. The average Bonchev–Trinajstić information content (AvgIpc) is 3.12. The molecular weight excluding hydrogens is 496 g/mol. The number of rotatable bonds is 5. The van der Waals surface area contributed by atoms with E-state index in [0.717, 1.165) is 4.47 Å². The Morgan fingerprint density at radius 1 is 1.09 bits per heavy atom. The molecule has 0 saturated carbocycles. The van der Waals surface area contributed by atoms with E-state index in [4.69, 9.17) is 25.8 Å². The first-order chi connectivity index (χ1) is 15.4. The van der Waals surface area contributed by atoms with Gasteiger partial charge in [0.1, 0.15) is 17.2 Å². The molecule has 7 heteroatoms. The molecule has 0 bridgehead atoms. The second-order valence-electron chi connectivity index (χ2n) is 7.09. The summed E-state index contributed by atoms with van der Waals surface area (Å²) in [7, 11) is 1.56. The molecule has 4 rings (SSSR count). The zero-order chi connectivity index (χ0) is 22.8. The van der Waals surface area contributed by atoms with E-state index < -0.39 is 11.3 Å². The van der Waals surface area contributed by atoms with Crippen LogP contribution in [0.1, 0.15) is 32.4 Å². The Labute approximate surface area is 198 Å². The number of esters is 1. The molecule has 1 aliphatic rings. The molecule has 0 spiro atoms. The number of allylic oxidation sites excluding steroid dienone is 1. The second-order valence-corrected chi connectivity index (χ2v) is 8.44. The van der Waals surface area contributed by atoms with Gasteiger partial charge in [-0.05, 0) is 48.9 Å². The number of alkyl halides is 1. The Balaban J connectivity index is 1.60. The van der Waals surface area contributed by atoms with Crippen LogP contribution in [0.2, 0.25) is 0 Å². The number of halogens is 2. The normalized spacial score (nSPS) is 14.6. The molecule has 3 aromatic rings. The number of fused-ring (bicyclic) bond motifs is 1. The Morgan fingerprint density at radius 2 is 1.81 bits per heavy atom. The molecule has 1 aliphatic heterocycles. The predicted octanol–water partition coefficient (Wildman–Crippen LogP) is 6.27. The highest BCUT2D eigenvalue weighted by atomic mass is 79.9. The molecule has 0 N–H and O–H groups in total. The summed E-state index contributed by atoms with van der Waals surface area (Å²) in [4.78, 5) is 25.4. The number of carbonyl (C=O) groups excluding carboxylic acids is 2. The van der Waals surface area contributed by atoms with Crippen LogP contribution < -0.4 is 14.2 Å². The number of hydrogen-bond acceptors (Lipinski definition) is 5. The molecule has 3 aromatic carbocycles. The molecule has 0 amide bonds. The largest absolute Gasteiger partial charge is 0.496 e. The first-order valence-corrected chi connectivity index (χ1v) is 10.9. The Kier molecular flexibility index (Phi) is 6.35. The highest BCUT2D eigenvalue weighted by molar-refractivity contribution is 9.10. The highest BCUT2D eigenvalue weighted by Crippen LogP contribution is 2.40. The van der Waals surface area contributed by atoms with Crippen LogP contribution in [0.25, 0.3) is 6.08 Å². The van der Waals surface area contributed by atoms with Gasteiger partial charge in [-0.3, -0.25) is 4.79 Å². The third-order valence-corrected chi connectivity index (χ3v) is 5.95. The van der Waals surface area contributed by atoms with Crippen LogP contribution in [0.5, 0.6) is 17.2 Å². The van der Waals surface area contributed by atoms with E-state index in [-0.39, 0.29) is 17.3 Å². The number of ketones is 1. The van der Waals surface area contributed by atoms with Gasteiger partial charge < -0.3 is 14.2 Å². The fraction of sp³-hybridized carbons (Fsp3) is 0.120. The summed E-state index contributed by atoms with van der Waals surface area (Å²) in [5.41, 5.74) is 2.26. The lowest BCUT2D eigenvalue weighted by Gasteiger charge is -2.13. The van der Waals surface area contributed by atoms with Gasteiger partial charge in [0.25, 0.3) is 0 Å². The van der Waals surface area contributed by atoms with Crippen molar-refractivity contribution in [3.63, 3.8) is 0 Å². The van der Waals surface area contributed by atoms with Crippen molar-refractivity contribution in [3.05, 3.63) is 93.1 Å². The minimum atomic E-state index is -0.953. The lowest BCUT2D eigenvalue weighted by Crippen LogP contribution is -2.15. The van der Waals surface area contributed by atoms with Crippen molar-refractivity contribution in [2.75, 3.05) is 7.11 Å². The van der Waals surface area contributed by atoms with Crippen molar-refractivity contribution in [2.45, 2.75) is 12.3 Å². The van der Waals surface area contributed by atoms with E-state index in [1.54, 1.807) is 62.6 Å². The number of Topliss-reactive ketones (excluding diaryl/α,β-unsaturated/α-hetero) is 1. The third-order valence-electron chi connectivity index (χ3n) is 5.02. The molecular formula is C25H18BrClO5. The topological polar surface area (TPSA) is 61.8 Å². The van der Waals surface area contributed by atoms with Crippen LogP contribution in [0.4, 0.5) is 0 Å². The van der Waals surface area contributed by atoms with Crippen LogP contribution in [0.15, 0.2) is 70.9 Å². The zero-order valence-electron chi connectivity index (χ0n) is 17.2. The van der Waals surface area contributed by atoms with Crippen LogP contribution >= 0.6 is 27.5 Å². The van der Waals surface area contributed by atoms with Crippen LogP contribution in [0, 0.1) is 6.92 Å². The molecule has 32 heavy (non-hydrogen) atoms.